The van der Waals surface area contributed by atoms with Gasteiger partial charge in [0.05, 0.1) is 6.61 Å². The van der Waals surface area contributed by atoms with Crippen molar-refractivity contribution < 1.29 is 5.11 Å². The molecule has 1 aromatic rings. The summed E-state index contributed by atoms with van der Waals surface area (Å²) in [6.07, 6.45) is 6.60. The van der Waals surface area contributed by atoms with E-state index in [1.165, 1.54) is 56.7 Å². The summed E-state index contributed by atoms with van der Waals surface area (Å²) in [7, 11) is 1.83. The van der Waals surface area contributed by atoms with E-state index in [1.807, 2.05) is 25.2 Å². The third-order valence-corrected chi connectivity index (χ3v) is 7.22. The van der Waals surface area contributed by atoms with Crippen LogP contribution in [0.1, 0.15) is 43.6 Å². The van der Waals surface area contributed by atoms with Gasteiger partial charge < -0.3 is 15.7 Å². The first kappa shape index (κ1) is 24.8. The van der Waals surface area contributed by atoms with E-state index >= 15 is 0 Å². The number of aliphatic hydroxyl groups excluding tert-OH is 1. The Bertz CT molecular complexity index is 604. The molecule has 0 aromatic heterocycles. The highest BCUT2D eigenvalue weighted by atomic mass is 127. The van der Waals surface area contributed by atoms with Gasteiger partial charge in [0.2, 0.25) is 0 Å². The van der Waals surface area contributed by atoms with Crippen LogP contribution in [0.2, 0.25) is 0 Å². The number of thioether (sulfide) groups is 1. The highest BCUT2D eigenvalue weighted by Gasteiger charge is 2.38. The number of rotatable bonds is 7. The summed E-state index contributed by atoms with van der Waals surface area (Å²) in [4.78, 5) is 7.18. The predicted octanol–water partition coefficient (Wildman–Crippen LogP) is 3.30. The molecule has 0 radical (unpaired) electrons. The van der Waals surface area contributed by atoms with Gasteiger partial charge in [0.15, 0.2) is 5.96 Å². The van der Waals surface area contributed by atoms with E-state index in [2.05, 4.69) is 44.4 Å². The van der Waals surface area contributed by atoms with Crippen molar-refractivity contribution >= 4 is 41.7 Å². The van der Waals surface area contributed by atoms with Crippen molar-refractivity contribution in [2.45, 2.75) is 43.6 Å². The molecule has 1 heterocycles. The molecule has 0 bridgehead atoms. The minimum absolute atomic E-state index is 0. The van der Waals surface area contributed by atoms with Crippen LogP contribution >= 0.6 is 35.7 Å². The second-order valence-corrected chi connectivity index (χ2v) is 9.21. The van der Waals surface area contributed by atoms with Crippen molar-refractivity contribution in [3.8, 4) is 0 Å². The standard InChI is InChI=1S/C22H36N4OS.HI/c1-23-21(24-16-20(17-27)19-8-4-2-5-9-19)25-18-22(10-6-3-7-11-22)26-12-14-28-15-13-26;/h2,4-5,8-9,20,27H,3,6-7,10-18H2,1H3,(H2,23,24,25);1H. The number of hydrogen-bond donors (Lipinski definition) is 3. The van der Waals surface area contributed by atoms with Crippen molar-refractivity contribution in [3.63, 3.8) is 0 Å². The molecule has 1 saturated carbocycles. The molecule has 3 rings (SSSR count). The van der Waals surface area contributed by atoms with Gasteiger partial charge in [0.1, 0.15) is 0 Å². The molecular formula is C22H37IN4OS. The largest absolute Gasteiger partial charge is 0.396 e. The fourth-order valence-corrected chi connectivity index (χ4v) is 5.46. The van der Waals surface area contributed by atoms with E-state index in [0.717, 1.165) is 18.1 Å². The van der Waals surface area contributed by atoms with Crippen molar-refractivity contribution in [1.29, 1.82) is 0 Å². The third-order valence-electron chi connectivity index (χ3n) is 6.28. The summed E-state index contributed by atoms with van der Waals surface area (Å²) in [5, 5.41) is 16.9. The topological polar surface area (TPSA) is 59.9 Å². The van der Waals surface area contributed by atoms with Crippen LogP contribution in [0.3, 0.4) is 0 Å². The SMILES string of the molecule is CN=C(NCC(CO)c1ccccc1)NCC1(N2CCSCC2)CCCCC1.I. The molecule has 1 saturated heterocycles. The summed E-state index contributed by atoms with van der Waals surface area (Å²) in [6.45, 7) is 4.17. The van der Waals surface area contributed by atoms with E-state index in [4.69, 9.17) is 0 Å². The van der Waals surface area contributed by atoms with Crippen LogP contribution in [0, 0.1) is 0 Å². The Kier molecular flexibility index (Phi) is 11.1. The minimum Gasteiger partial charge on any atom is -0.396 e. The first-order valence-corrected chi connectivity index (χ1v) is 11.9. The van der Waals surface area contributed by atoms with E-state index in [1.54, 1.807) is 0 Å². The van der Waals surface area contributed by atoms with E-state index in [9.17, 15) is 5.11 Å². The Hall–Kier alpha value is -0.510. The average Bonchev–Trinajstić information content (AvgIpc) is 2.78. The molecule has 1 aromatic carbocycles. The van der Waals surface area contributed by atoms with Crippen molar-refractivity contribution in [2.24, 2.45) is 4.99 Å². The zero-order valence-corrected chi connectivity index (χ0v) is 20.8. The van der Waals surface area contributed by atoms with E-state index < -0.39 is 0 Å². The summed E-state index contributed by atoms with van der Waals surface area (Å²) in [6, 6.07) is 10.2. The molecule has 29 heavy (non-hydrogen) atoms. The Morgan fingerprint density at radius 3 is 2.45 bits per heavy atom. The van der Waals surface area contributed by atoms with Crippen molar-refractivity contribution in [1.82, 2.24) is 15.5 Å². The van der Waals surface area contributed by atoms with Gasteiger partial charge in [-0.3, -0.25) is 9.89 Å². The average molecular weight is 533 g/mol. The Balaban J connectivity index is 0.00000300. The van der Waals surface area contributed by atoms with E-state index in [0.29, 0.717) is 6.54 Å². The number of guanidine groups is 1. The number of hydrogen-bond acceptors (Lipinski definition) is 4. The quantitative estimate of drug-likeness (QED) is 0.286. The molecule has 0 amide bonds. The molecule has 0 spiro atoms. The van der Waals surface area contributed by atoms with Gasteiger partial charge in [-0.25, -0.2) is 0 Å². The number of aliphatic hydroxyl groups is 1. The third kappa shape index (κ3) is 7.01. The van der Waals surface area contributed by atoms with Crippen LogP contribution in [0.4, 0.5) is 0 Å². The van der Waals surface area contributed by atoms with Gasteiger partial charge in [-0.15, -0.1) is 24.0 Å². The summed E-state index contributed by atoms with van der Waals surface area (Å²) in [5.41, 5.74) is 1.43. The van der Waals surface area contributed by atoms with Crippen LogP contribution in [-0.4, -0.2) is 72.8 Å². The zero-order valence-electron chi connectivity index (χ0n) is 17.6. The second-order valence-electron chi connectivity index (χ2n) is 7.98. The molecule has 1 aliphatic heterocycles. The van der Waals surface area contributed by atoms with Crippen LogP contribution in [0.15, 0.2) is 35.3 Å². The van der Waals surface area contributed by atoms with Crippen molar-refractivity contribution in [3.05, 3.63) is 35.9 Å². The summed E-state index contributed by atoms with van der Waals surface area (Å²) in [5.74, 6) is 3.42. The van der Waals surface area contributed by atoms with Gasteiger partial charge in [-0.05, 0) is 18.4 Å². The maximum atomic E-state index is 9.80. The zero-order chi connectivity index (χ0) is 19.7. The molecule has 1 unspecified atom stereocenters. The maximum Gasteiger partial charge on any atom is 0.191 e. The predicted molar refractivity (Wildman–Crippen MR) is 136 cm³/mol. The van der Waals surface area contributed by atoms with Crippen LogP contribution in [0.25, 0.3) is 0 Å². The van der Waals surface area contributed by atoms with Crippen LogP contribution in [-0.2, 0) is 0 Å². The van der Waals surface area contributed by atoms with Crippen LogP contribution in [0.5, 0.6) is 0 Å². The number of benzene rings is 1. The first-order chi connectivity index (χ1) is 13.8. The maximum absolute atomic E-state index is 9.80. The smallest absolute Gasteiger partial charge is 0.191 e. The minimum atomic E-state index is 0. The fourth-order valence-electron chi connectivity index (χ4n) is 4.55. The molecule has 2 aliphatic rings. The molecule has 5 nitrogen and oxygen atoms in total. The fraction of sp³-hybridized carbons (Fsp3) is 0.682. The Morgan fingerprint density at radius 1 is 1.14 bits per heavy atom. The number of nitrogens with zero attached hydrogens (tertiary/aromatic N) is 2. The number of halogens is 1. The van der Waals surface area contributed by atoms with E-state index in [-0.39, 0.29) is 42.0 Å². The second kappa shape index (κ2) is 13.0. The number of aliphatic imine (C=N–C) groups is 1. The molecule has 1 aliphatic carbocycles. The monoisotopic (exact) mass is 532 g/mol. The van der Waals surface area contributed by atoms with Crippen LogP contribution < -0.4 is 10.6 Å². The molecule has 7 heteroatoms. The molecule has 2 fully saturated rings. The lowest BCUT2D eigenvalue weighted by Gasteiger charge is -2.48. The summed E-state index contributed by atoms with van der Waals surface area (Å²) >= 11 is 2.08. The molecule has 1 atom stereocenters. The lowest BCUT2D eigenvalue weighted by Crippen LogP contribution is -2.60. The Labute approximate surface area is 197 Å². The Morgan fingerprint density at radius 2 is 1.83 bits per heavy atom. The highest BCUT2D eigenvalue weighted by Crippen LogP contribution is 2.34. The van der Waals surface area contributed by atoms with Gasteiger partial charge in [0, 0.05) is 56.2 Å². The lowest BCUT2D eigenvalue weighted by atomic mass is 9.80. The first-order valence-electron chi connectivity index (χ1n) is 10.7. The molecular weight excluding hydrogens is 495 g/mol. The highest BCUT2D eigenvalue weighted by molar-refractivity contribution is 14.0. The normalized spacial score (nSPS) is 21.1. The number of nitrogens with one attached hydrogen (secondary N) is 2. The lowest BCUT2D eigenvalue weighted by molar-refractivity contribution is 0.0626. The van der Waals surface area contributed by atoms with Gasteiger partial charge in [0.25, 0.3) is 0 Å². The molecule has 3 N–H and O–H groups in total. The van der Waals surface area contributed by atoms with Crippen molar-refractivity contribution in [2.75, 3.05) is 51.3 Å². The molecule has 164 valence electrons. The van der Waals surface area contributed by atoms with Gasteiger partial charge in [-0.1, -0.05) is 49.6 Å². The van der Waals surface area contributed by atoms with Gasteiger partial charge in [-0.2, -0.15) is 11.8 Å². The summed E-state index contributed by atoms with van der Waals surface area (Å²) < 4.78 is 0. The van der Waals surface area contributed by atoms with Gasteiger partial charge >= 0.3 is 0 Å².